The first-order valence-electron chi connectivity index (χ1n) is 6.17. The van der Waals surface area contributed by atoms with Crippen molar-refractivity contribution in [2.75, 3.05) is 37.3 Å². The highest BCUT2D eigenvalue weighted by atomic mass is 35.5. The highest BCUT2D eigenvalue weighted by molar-refractivity contribution is 5.85. The van der Waals surface area contributed by atoms with E-state index in [-0.39, 0.29) is 31.4 Å². The number of nitrogens with two attached hydrogens (primary N) is 1. The monoisotopic (exact) mass is 325 g/mol. The van der Waals surface area contributed by atoms with E-state index >= 15 is 0 Å². The van der Waals surface area contributed by atoms with E-state index in [0.717, 1.165) is 16.9 Å². The SMILES string of the molecule is Cc1cc(N)ccc1NCCN(CCO)C(C)O.Cl.Cl. The second-order valence-corrected chi connectivity index (χ2v) is 4.39. The molecule has 1 atom stereocenters. The van der Waals surface area contributed by atoms with Crippen LogP contribution in [0, 0.1) is 6.92 Å². The van der Waals surface area contributed by atoms with E-state index < -0.39 is 6.23 Å². The molecule has 0 bridgehead atoms. The fourth-order valence-electron chi connectivity index (χ4n) is 1.83. The van der Waals surface area contributed by atoms with Crippen LogP contribution < -0.4 is 11.1 Å². The number of aryl methyl sites for hydroxylation is 1. The Bertz CT molecular complexity index is 379. The number of aliphatic hydroxyl groups excluding tert-OH is 2. The maximum atomic E-state index is 9.50. The zero-order valence-corrected chi connectivity index (χ0v) is 13.5. The Morgan fingerprint density at radius 3 is 2.45 bits per heavy atom. The lowest BCUT2D eigenvalue weighted by molar-refractivity contribution is 0.0113. The number of nitrogens with zero attached hydrogens (tertiary/aromatic N) is 1. The predicted molar refractivity (Wildman–Crippen MR) is 88.9 cm³/mol. The van der Waals surface area contributed by atoms with E-state index in [1.54, 1.807) is 11.8 Å². The van der Waals surface area contributed by atoms with Crippen LogP contribution in [-0.2, 0) is 0 Å². The van der Waals surface area contributed by atoms with Gasteiger partial charge in [-0.3, -0.25) is 4.90 Å². The molecule has 0 spiro atoms. The van der Waals surface area contributed by atoms with Crippen LogP contribution in [0.4, 0.5) is 11.4 Å². The number of anilines is 2. The van der Waals surface area contributed by atoms with Crippen molar-refractivity contribution < 1.29 is 10.2 Å². The van der Waals surface area contributed by atoms with Crippen molar-refractivity contribution in [1.82, 2.24) is 4.90 Å². The molecule has 0 radical (unpaired) electrons. The summed E-state index contributed by atoms with van der Waals surface area (Å²) in [4.78, 5) is 1.81. The molecule has 1 unspecified atom stereocenters. The van der Waals surface area contributed by atoms with Gasteiger partial charge in [0, 0.05) is 31.0 Å². The Kier molecular flexibility index (Phi) is 11.9. The zero-order valence-electron chi connectivity index (χ0n) is 11.9. The van der Waals surface area contributed by atoms with E-state index in [4.69, 9.17) is 10.8 Å². The highest BCUT2D eigenvalue weighted by Crippen LogP contribution is 2.17. The lowest BCUT2D eigenvalue weighted by atomic mass is 10.2. The van der Waals surface area contributed by atoms with Gasteiger partial charge >= 0.3 is 0 Å². The van der Waals surface area contributed by atoms with Gasteiger partial charge in [-0.15, -0.1) is 24.8 Å². The molecule has 0 aliphatic carbocycles. The second-order valence-electron chi connectivity index (χ2n) is 4.39. The summed E-state index contributed by atoms with van der Waals surface area (Å²) in [5.41, 5.74) is 8.58. The standard InChI is InChI=1S/C13H23N3O2.2ClH/c1-10-9-12(14)3-4-13(10)15-5-6-16(7-8-17)11(2)18;;/h3-4,9,11,15,17-18H,5-8,14H2,1-2H3;2*1H. The molecule has 0 aliphatic heterocycles. The maximum absolute atomic E-state index is 9.50. The largest absolute Gasteiger partial charge is 0.399 e. The van der Waals surface area contributed by atoms with Crippen LogP contribution in [-0.4, -0.2) is 47.6 Å². The molecule has 1 aromatic rings. The van der Waals surface area contributed by atoms with Crippen molar-refractivity contribution in [3.63, 3.8) is 0 Å². The second kappa shape index (κ2) is 11.0. The van der Waals surface area contributed by atoms with E-state index in [2.05, 4.69) is 5.32 Å². The molecule has 20 heavy (non-hydrogen) atoms. The van der Waals surface area contributed by atoms with Gasteiger partial charge in [0.1, 0.15) is 6.23 Å². The Hall–Kier alpha value is -0.720. The number of nitrogens with one attached hydrogen (secondary N) is 1. The number of hydrogen-bond donors (Lipinski definition) is 4. The van der Waals surface area contributed by atoms with Crippen molar-refractivity contribution in [1.29, 1.82) is 0 Å². The first-order valence-corrected chi connectivity index (χ1v) is 6.17. The Morgan fingerprint density at radius 2 is 1.95 bits per heavy atom. The van der Waals surface area contributed by atoms with Crippen LogP contribution in [0.3, 0.4) is 0 Å². The molecule has 1 rings (SSSR count). The fourth-order valence-corrected chi connectivity index (χ4v) is 1.83. The minimum Gasteiger partial charge on any atom is -0.399 e. The number of nitrogen functional groups attached to an aromatic ring is 1. The number of benzene rings is 1. The van der Waals surface area contributed by atoms with Crippen LogP contribution in [0.5, 0.6) is 0 Å². The van der Waals surface area contributed by atoms with Gasteiger partial charge in [-0.05, 0) is 37.6 Å². The van der Waals surface area contributed by atoms with Gasteiger partial charge in [0.2, 0.25) is 0 Å². The quantitative estimate of drug-likeness (QED) is 0.451. The molecule has 0 saturated heterocycles. The van der Waals surface area contributed by atoms with Crippen molar-refractivity contribution in [2.45, 2.75) is 20.1 Å². The van der Waals surface area contributed by atoms with Crippen LogP contribution in [0.15, 0.2) is 18.2 Å². The van der Waals surface area contributed by atoms with Crippen molar-refractivity contribution in [3.05, 3.63) is 23.8 Å². The van der Waals surface area contributed by atoms with E-state index in [1.807, 2.05) is 25.1 Å². The number of halogens is 2. The molecule has 0 aromatic heterocycles. The van der Waals surface area contributed by atoms with Gasteiger partial charge in [-0.1, -0.05) is 0 Å². The zero-order chi connectivity index (χ0) is 13.5. The summed E-state index contributed by atoms with van der Waals surface area (Å²) < 4.78 is 0. The topological polar surface area (TPSA) is 81.8 Å². The number of rotatable bonds is 7. The molecule has 0 saturated carbocycles. The normalized spacial score (nSPS) is 11.4. The third-order valence-electron chi connectivity index (χ3n) is 2.88. The number of aliphatic hydroxyl groups is 2. The van der Waals surface area contributed by atoms with Crippen LogP contribution in [0.2, 0.25) is 0 Å². The molecule has 118 valence electrons. The Morgan fingerprint density at radius 1 is 1.30 bits per heavy atom. The van der Waals surface area contributed by atoms with Gasteiger partial charge in [-0.2, -0.15) is 0 Å². The smallest absolute Gasteiger partial charge is 0.104 e. The molecule has 0 amide bonds. The number of hydrogen-bond acceptors (Lipinski definition) is 5. The van der Waals surface area contributed by atoms with Gasteiger partial charge in [0.05, 0.1) is 6.61 Å². The minimum absolute atomic E-state index is 0. The summed E-state index contributed by atoms with van der Waals surface area (Å²) in [6.07, 6.45) is -0.550. The van der Waals surface area contributed by atoms with Crippen molar-refractivity contribution >= 4 is 36.2 Å². The molecule has 5 N–H and O–H groups in total. The summed E-state index contributed by atoms with van der Waals surface area (Å²) in [5, 5.41) is 21.7. The summed E-state index contributed by atoms with van der Waals surface area (Å²) in [6, 6.07) is 5.72. The van der Waals surface area contributed by atoms with Gasteiger partial charge in [-0.25, -0.2) is 0 Å². The minimum atomic E-state index is -0.550. The molecular weight excluding hydrogens is 301 g/mol. The summed E-state index contributed by atoms with van der Waals surface area (Å²) in [6.45, 7) is 5.59. The molecule has 0 aliphatic rings. The average Bonchev–Trinajstić information content (AvgIpc) is 2.30. The van der Waals surface area contributed by atoms with Gasteiger partial charge in [0.15, 0.2) is 0 Å². The third-order valence-corrected chi connectivity index (χ3v) is 2.88. The van der Waals surface area contributed by atoms with Crippen molar-refractivity contribution in [2.24, 2.45) is 0 Å². The van der Waals surface area contributed by atoms with E-state index in [0.29, 0.717) is 19.6 Å². The van der Waals surface area contributed by atoms with Crippen LogP contribution in [0.25, 0.3) is 0 Å². The molecular formula is C13H25Cl2N3O2. The van der Waals surface area contributed by atoms with Gasteiger partial charge < -0.3 is 21.3 Å². The maximum Gasteiger partial charge on any atom is 0.104 e. The first kappa shape index (κ1) is 21.6. The Labute approximate surface area is 133 Å². The lowest BCUT2D eigenvalue weighted by Crippen LogP contribution is -2.38. The molecule has 0 fully saturated rings. The highest BCUT2D eigenvalue weighted by Gasteiger charge is 2.09. The van der Waals surface area contributed by atoms with Gasteiger partial charge in [0.25, 0.3) is 0 Å². The van der Waals surface area contributed by atoms with Crippen LogP contribution in [0.1, 0.15) is 12.5 Å². The predicted octanol–water partition coefficient (Wildman–Crippen LogP) is 1.47. The van der Waals surface area contributed by atoms with Crippen molar-refractivity contribution in [3.8, 4) is 0 Å². The first-order chi connectivity index (χ1) is 8.54. The van der Waals surface area contributed by atoms with E-state index in [1.165, 1.54) is 0 Å². The third kappa shape index (κ3) is 7.17. The van der Waals surface area contributed by atoms with Crippen LogP contribution >= 0.6 is 24.8 Å². The molecule has 0 heterocycles. The Balaban J connectivity index is 0. The molecule has 5 nitrogen and oxygen atoms in total. The average molecular weight is 326 g/mol. The lowest BCUT2D eigenvalue weighted by Gasteiger charge is -2.24. The molecule has 7 heteroatoms. The summed E-state index contributed by atoms with van der Waals surface area (Å²) in [5.74, 6) is 0. The summed E-state index contributed by atoms with van der Waals surface area (Å²) in [7, 11) is 0. The fraction of sp³-hybridized carbons (Fsp3) is 0.538. The summed E-state index contributed by atoms with van der Waals surface area (Å²) >= 11 is 0. The van der Waals surface area contributed by atoms with E-state index in [9.17, 15) is 5.11 Å². The molecule has 1 aromatic carbocycles.